The number of rotatable bonds is 20. The van der Waals surface area contributed by atoms with Gasteiger partial charge < -0.3 is 39.8 Å². The van der Waals surface area contributed by atoms with Crippen molar-refractivity contribution < 1.29 is 58.8 Å². The first-order chi connectivity index (χ1) is 29.2. The Kier molecular flexibility index (Phi) is 20.9. The molecule has 2 aromatic carbocycles. The van der Waals surface area contributed by atoms with Crippen LogP contribution in [0.1, 0.15) is 79.2 Å². The molecule has 0 aliphatic carbocycles. The molecule has 0 bridgehead atoms. The second-order valence-electron chi connectivity index (χ2n) is 17.9. The number of nitrogens with two attached hydrogens (primary N) is 1. The zero-order valence-corrected chi connectivity index (χ0v) is 41.0. The van der Waals surface area contributed by atoms with Crippen LogP contribution in [-0.4, -0.2) is 124 Å². The number of fused-ring (bicyclic) bond motifs is 2. The van der Waals surface area contributed by atoms with E-state index in [-0.39, 0.29) is 50.0 Å². The van der Waals surface area contributed by atoms with Crippen molar-refractivity contribution in [3.63, 3.8) is 0 Å². The smallest absolute Gasteiger partial charge is 0.407 e. The fraction of sp³-hybridized carbons (Fsp3) is 0.690. The average molecular weight is 970 g/mol. The summed E-state index contributed by atoms with van der Waals surface area (Å²) in [5.41, 5.74) is 6.46. The highest BCUT2D eigenvalue weighted by molar-refractivity contribution is 8.13. The topological polar surface area (TPSA) is 239 Å². The Morgan fingerprint density at radius 2 is 1.62 bits per heavy atom. The number of benzene rings is 2. The van der Waals surface area contributed by atoms with E-state index < -0.39 is 58.9 Å². The van der Waals surface area contributed by atoms with Gasteiger partial charge in [0.2, 0.25) is 35.9 Å². The van der Waals surface area contributed by atoms with Gasteiger partial charge in [-0.1, -0.05) is 71.9 Å². The van der Waals surface area contributed by atoms with E-state index in [1.165, 1.54) is 22.7 Å². The molecule has 3 heterocycles. The van der Waals surface area contributed by atoms with Crippen molar-refractivity contribution >= 4 is 45.9 Å². The highest BCUT2D eigenvalue weighted by atomic mass is 35.7. The maximum absolute atomic E-state index is 14.1. The van der Waals surface area contributed by atoms with Gasteiger partial charge in [-0.2, -0.15) is 4.31 Å². The minimum Gasteiger partial charge on any atom is -0.454 e. The fourth-order valence-corrected chi connectivity index (χ4v) is 9.20. The Bertz CT molecular complexity index is 2070. The predicted octanol–water partition coefficient (Wildman–Crippen LogP) is 4.81. The molecule has 0 spiro atoms. The minimum atomic E-state index is -4.11. The largest absolute Gasteiger partial charge is 0.454 e. The number of aliphatic hydroxyl groups is 1. The number of amides is 1. The first kappa shape index (κ1) is 54.5. The van der Waals surface area contributed by atoms with E-state index in [1.54, 1.807) is 6.07 Å². The summed E-state index contributed by atoms with van der Waals surface area (Å²) >= 11 is 0. The number of hydrogen-bond donors (Lipinski definition) is 4. The van der Waals surface area contributed by atoms with Crippen molar-refractivity contribution in [2.45, 2.75) is 110 Å². The number of alkyl carbamates (subject to hydrolysis) is 1. The summed E-state index contributed by atoms with van der Waals surface area (Å²) in [5, 5.41) is 14.5. The highest BCUT2D eigenvalue weighted by Crippen LogP contribution is 2.36. The van der Waals surface area contributed by atoms with Crippen LogP contribution in [-0.2, 0) is 49.7 Å². The van der Waals surface area contributed by atoms with Gasteiger partial charge in [0.1, 0.15) is 6.10 Å². The van der Waals surface area contributed by atoms with Crippen molar-refractivity contribution in [2.75, 3.05) is 58.7 Å². The molecule has 3 aliphatic rings. The number of hydrogen-bond acceptors (Lipinski definition) is 14. The number of halogens is 1. The summed E-state index contributed by atoms with van der Waals surface area (Å²) in [6, 6.07) is 13.0. The van der Waals surface area contributed by atoms with E-state index in [1.807, 2.05) is 44.2 Å². The summed E-state index contributed by atoms with van der Waals surface area (Å²) in [4.78, 5) is 13.2. The lowest BCUT2D eigenvalue weighted by Crippen LogP contribution is -2.52. The SMILES string of the molecule is CC(C)(CCCN)CN(CC(O)[C@H](Cc1ccccc1)NC(=O)OC1COC2OCCC12)S(=O)(=O)c1ccc2c(c1)OCO2.CC(C)C(C)(C)CCCNS(C)(=O)=O.CS(=O)(=O)Cl. The zero-order valence-electron chi connectivity index (χ0n) is 37.7. The third-order valence-corrected chi connectivity index (χ3v) is 13.8. The second-order valence-corrected chi connectivity index (χ2v) is 24.8. The van der Waals surface area contributed by atoms with Crippen LogP contribution in [0.5, 0.6) is 11.5 Å². The first-order valence-electron chi connectivity index (χ1n) is 21.1. The molecule has 5 atom stereocenters. The Morgan fingerprint density at radius 3 is 2.24 bits per heavy atom. The van der Waals surface area contributed by atoms with Crippen LogP contribution in [0.2, 0.25) is 0 Å². The molecule has 0 aromatic heterocycles. The van der Waals surface area contributed by atoms with Crippen LogP contribution < -0.4 is 25.2 Å². The first-order valence-corrected chi connectivity index (χ1v) is 27.1. The molecule has 360 valence electrons. The number of carbonyl (C=O) groups is 1. The van der Waals surface area contributed by atoms with Crippen LogP contribution >= 0.6 is 10.7 Å². The Labute approximate surface area is 379 Å². The number of ether oxygens (including phenoxy) is 5. The monoisotopic (exact) mass is 968 g/mol. The van der Waals surface area contributed by atoms with E-state index in [0.29, 0.717) is 48.9 Å². The van der Waals surface area contributed by atoms with Gasteiger partial charge in [0, 0.05) is 36.4 Å². The molecule has 5 N–H and O–H groups in total. The number of nitrogens with zero attached hydrogens (tertiary/aromatic N) is 1. The van der Waals surface area contributed by atoms with Crippen LogP contribution in [0.25, 0.3) is 0 Å². The van der Waals surface area contributed by atoms with E-state index in [9.17, 15) is 35.2 Å². The van der Waals surface area contributed by atoms with Crippen molar-refractivity contribution in [3.05, 3.63) is 54.1 Å². The van der Waals surface area contributed by atoms with Gasteiger partial charge in [-0.05, 0) is 79.5 Å². The third-order valence-electron chi connectivity index (χ3n) is 11.3. The van der Waals surface area contributed by atoms with Gasteiger partial charge in [-0.25, -0.2) is 34.8 Å². The summed E-state index contributed by atoms with van der Waals surface area (Å²) in [5.74, 6) is 1.38. The summed E-state index contributed by atoms with van der Waals surface area (Å²) in [6.45, 7) is 14.4. The summed E-state index contributed by atoms with van der Waals surface area (Å²) in [6.07, 6.45) is 3.61. The zero-order chi connectivity index (χ0) is 47.2. The molecule has 17 nitrogen and oxygen atoms in total. The van der Waals surface area contributed by atoms with Gasteiger partial charge in [0.05, 0.1) is 48.7 Å². The minimum absolute atomic E-state index is 0.0116. The van der Waals surface area contributed by atoms with Crippen molar-refractivity contribution in [2.24, 2.45) is 28.4 Å². The Morgan fingerprint density at radius 1 is 0.968 bits per heavy atom. The lowest BCUT2D eigenvalue weighted by Gasteiger charge is -2.35. The second kappa shape index (κ2) is 24.1. The van der Waals surface area contributed by atoms with Gasteiger partial charge in [-0.15, -0.1) is 0 Å². The maximum atomic E-state index is 14.1. The van der Waals surface area contributed by atoms with Crippen molar-refractivity contribution in [1.29, 1.82) is 0 Å². The lowest BCUT2D eigenvalue weighted by atomic mass is 9.77. The molecule has 0 saturated carbocycles. The van der Waals surface area contributed by atoms with Crippen molar-refractivity contribution in [3.8, 4) is 11.5 Å². The van der Waals surface area contributed by atoms with E-state index in [0.717, 1.165) is 37.5 Å². The molecular formula is C42H69ClN4O13S3. The fourth-order valence-electron chi connectivity index (χ4n) is 7.02. The molecule has 3 aliphatic heterocycles. The number of sulfonamides is 2. The molecule has 0 radical (unpaired) electrons. The number of aliphatic hydroxyl groups excluding tert-OH is 1. The molecular weight excluding hydrogens is 900 g/mol. The maximum Gasteiger partial charge on any atom is 0.407 e. The molecule has 1 amide bonds. The normalized spacial score (nSPS) is 19.7. The molecule has 63 heavy (non-hydrogen) atoms. The summed E-state index contributed by atoms with van der Waals surface area (Å²) < 4.78 is 100. The average Bonchev–Trinajstić information content (AvgIpc) is 3.94. The van der Waals surface area contributed by atoms with Gasteiger partial charge in [-0.3, -0.25) is 0 Å². The Hall–Kier alpha value is -2.79. The van der Waals surface area contributed by atoms with E-state index in [4.69, 9.17) is 29.4 Å². The predicted molar refractivity (Wildman–Crippen MR) is 242 cm³/mol. The van der Waals surface area contributed by atoms with E-state index >= 15 is 0 Å². The molecule has 2 fully saturated rings. The summed E-state index contributed by atoms with van der Waals surface area (Å²) in [7, 11) is -5.81. The molecule has 2 aromatic rings. The standard InChI is InChI=1S/C31H43N3O9S.C10H23NO2S.CH3ClO2S/c1-31(2,12-6-13-32)19-34(44(37,38)22-9-10-26-27(16-22)42-20-41-26)17-25(35)24(15-21-7-4-3-5-8-21)33-30(36)43-28-18-40-29-23(28)11-14-39-29;1-9(2)10(3,4)7-6-8-11-14(5,12)13;1-5(2,3)4/h3-5,7-10,16,23-25,28-29,35H,6,11-15,17-20,32H2,1-2H3,(H,33,36);9,11H,6-8H2,1-5H3;1H3/t23?,24-,25?,28?,29?;;/m0../s1. The van der Waals surface area contributed by atoms with Gasteiger partial charge in [0.25, 0.3) is 0 Å². The van der Waals surface area contributed by atoms with Crippen LogP contribution in [0.15, 0.2) is 53.4 Å². The molecule has 2 saturated heterocycles. The van der Waals surface area contributed by atoms with Crippen LogP contribution in [0, 0.1) is 22.7 Å². The molecule has 4 unspecified atom stereocenters. The van der Waals surface area contributed by atoms with Gasteiger partial charge >= 0.3 is 6.09 Å². The van der Waals surface area contributed by atoms with Crippen molar-refractivity contribution in [1.82, 2.24) is 14.3 Å². The third kappa shape index (κ3) is 19.3. The molecule has 5 rings (SSSR count). The number of nitrogens with one attached hydrogen (secondary N) is 2. The lowest BCUT2D eigenvalue weighted by molar-refractivity contribution is -0.0907. The quantitative estimate of drug-likeness (QED) is 0.103. The Balaban J connectivity index is 0.000000465. The van der Waals surface area contributed by atoms with E-state index in [2.05, 4.69) is 48.4 Å². The van der Waals surface area contributed by atoms with Crippen LogP contribution in [0.3, 0.4) is 0 Å². The van der Waals surface area contributed by atoms with Gasteiger partial charge in [0.15, 0.2) is 17.8 Å². The highest BCUT2D eigenvalue weighted by Gasteiger charge is 2.44. The molecule has 21 heteroatoms. The van der Waals surface area contributed by atoms with Crippen LogP contribution in [0.4, 0.5) is 4.79 Å². The number of carbonyl (C=O) groups excluding carboxylic acids is 1.